The van der Waals surface area contributed by atoms with Crippen LogP contribution < -0.4 is 5.32 Å². The molecular formula is C19H28N4O2. The summed E-state index contributed by atoms with van der Waals surface area (Å²) in [5, 5.41) is 16.6. The molecule has 0 aliphatic carbocycles. The lowest BCUT2D eigenvalue weighted by molar-refractivity contribution is -0.117. The number of nitrogens with zero attached hydrogens (tertiary/aromatic N) is 3. The Morgan fingerprint density at radius 3 is 2.48 bits per heavy atom. The molecule has 0 unspecified atom stereocenters. The van der Waals surface area contributed by atoms with Crippen LogP contribution in [0.15, 0.2) is 18.2 Å². The summed E-state index contributed by atoms with van der Waals surface area (Å²) in [4.78, 5) is 14.4. The third kappa shape index (κ3) is 4.67. The van der Waals surface area contributed by atoms with Crippen molar-refractivity contribution in [3.8, 4) is 0 Å². The van der Waals surface area contributed by atoms with Gasteiger partial charge in [-0.15, -0.1) is 0 Å². The normalized spacial score (nSPS) is 11.2. The summed E-state index contributed by atoms with van der Waals surface area (Å²) >= 11 is 0. The van der Waals surface area contributed by atoms with Crippen LogP contribution in [0.25, 0.3) is 0 Å². The average Bonchev–Trinajstić information content (AvgIpc) is 2.79. The molecule has 0 spiro atoms. The summed E-state index contributed by atoms with van der Waals surface area (Å²) in [6.07, 6.45) is 0. The van der Waals surface area contributed by atoms with Crippen molar-refractivity contribution < 1.29 is 9.90 Å². The Morgan fingerprint density at radius 1 is 1.24 bits per heavy atom. The summed E-state index contributed by atoms with van der Waals surface area (Å²) in [7, 11) is 1.92. The second kappa shape index (κ2) is 8.27. The highest BCUT2D eigenvalue weighted by Crippen LogP contribution is 2.19. The number of nitrogens with one attached hydrogen (secondary N) is 1. The van der Waals surface area contributed by atoms with Crippen molar-refractivity contribution in [1.82, 2.24) is 14.7 Å². The summed E-state index contributed by atoms with van der Waals surface area (Å²) < 4.78 is 1.81. The number of likely N-dealkylation sites (N-methyl/N-ethyl adjacent to an activating group) is 1. The van der Waals surface area contributed by atoms with Crippen LogP contribution in [0.1, 0.15) is 28.1 Å². The molecule has 2 rings (SSSR count). The molecule has 1 aromatic carbocycles. The summed E-state index contributed by atoms with van der Waals surface area (Å²) in [5.41, 5.74) is 6.10. The van der Waals surface area contributed by atoms with Gasteiger partial charge in [0, 0.05) is 23.5 Å². The number of rotatable bonds is 7. The lowest BCUT2D eigenvalue weighted by Crippen LogP contribution is -2.30. The number of hydrogen-bond acceptors (Lipinski definition) is 4. The molecule has 0 saturated carbocycles. The molecule has 6 nitrogen and oxygen atoms in total. The molecule has 25 heavy (non-hydrogen) atoms. The Kier molecular flexibility index (Phi) is 6.33. The van der Waals surface area contributed by atoms with E-state index in [4.69, 9.17) is 5.11 Å². The van der Waals surface area contributed by atoms with Gasteiger partial charge in [-0.3, -0.25) is 14.4 Å². The number of benzene rings is 1. The molecule has 2 N–H and O–H groups in total. The van der Waals surface area contributed by atoms with Crippen LogP contribution in [-0.4, -0.2) is 45.9 Å². The van der Waals surface area contributed by atoms with E-state index < -0.39 is 0 Å². The molecule has 6 heteroatoms. The number of anilines is 1. The van der Waals surface area contributed by atoms with Crippen molar-refractivity contribution in [1.29, 1.82) is 0 Å². The molecule has 0 bridgehead atoms. The largest absolute Gasteiger partial charge is 0.394 e. The molecular weight excluding hydrogens is 316 g/mol. The first-order valence-electron chi connectivity index (χ1n) is 8.51. The number of aliphatic hydroxyl groups is 1. The molecule has 1 aromatic heterocycles. The number of amides is 1. The second-order valence-corrected chi connectivity index (χ2v) is 6.58. The van der Waals surface area contributed by atoms with Crippen LogP contribution in [0.2, 0.25) is 0 Å². The molecule has 0 aliphatic rings. The number of carbonyl (C=O) groups is 1. The second-order valence-electron chi connectivity index (χ2n) is 6.58. The zero-order valence-corrected chi connectivity index (χ0v) is 15.8. The fourth-order valence-corrected chi connectivity index (χ4v) is 3.04. The average molecular weight is 344 g/mol. The van der Waals surface area contributed by atoms with Crippen molar-refractivity contribution in [2.75, 3.05) is 25.5 Å². The molecule has 0 radical (unpaired) electrons. The first kappa shape index (κ1) is 19.1. The lowest BCUT2D eigenvalue weighted by atomic mass is 10.1. The number of carbonyl (C=O) groups excluding carboxylic acids is 1. The molecule has 0 saturated heterocycles. The van der Waals surface area contributed by atoms with Crippen molar-refractivity contribution >= 4 is 11.6 Å². The summed E-state index contributed by atoms with van der Waals surface area (Å²) in [5.74, 6) is -0.0297. The Morgan fingerprint density at radius 2 is 1.88 bits per heavy atom. The fraction of sp³-hybridized carbons (Fsp3) is 0.474. The van der Waals surface area contributed by atoms with Gasteiger partial charge in [-0.05, 0) is 45.9 Å². The summed E-state index contributed by atoms with van der Waals surface area (Å²) in [6.45, 7) is 9.44. The Bertz CT molecular complexity index is 732. The first-order chi connectivity index (χ1) is 11.8. The number of para-hydroxylation sites is 1. The summed E-state index contributed by atoms with van der Waals surface area (Å²) in [6, 6.07) is 5.98. The number of aryl methyl sites for hydroxylation is 3. The van der Waals surface area contributed by atoms with Crippen molar-refractivity contribution in [2.24, 2.45) is 0 Å². The van der Waals surface area contributed by atoms with E-state index in [1.54, 1.807) is 0 Å². The molecule has 2 aromatic rings. The van der Waals surface area contributed by atoms with E-state index in [9.17, 15) is 4.79 Å². The fourth-order valence-electron chi connectivity index (χ4n) is 3.04. The maximum absolute atomic E-state index is 12.4. The standard InChI is InChI=1S/C19H28N4O2/c1-13-7-6-8-14(2)19(13)20-18(25)12-22(5)11-17-15(3)21-23(9-10-24)16(17)4/h6-8,24H,9-12H2,1-5H3,(H,20,25). The van der Waals surface area contributed by atoms with E-state index in [1.807, 2.05) is 62.5 Å². The number of aromatic nitrogens is 2. The van der Waals surface area contributed by atoms with E-state index >= 15 is 0 Å². The molecule has 0 aliphatic heterocycles. The molecule has 1 heterocycles. The van der Waals surface area contributed by atoms with Gasteiger partial charge in [0.2, 0.25) is 5.91 Å². The highest BCUT2D eigenvalue weighted by Gasteiger charge is 2.15. The van der Waals surface area contributed by atoms with Gasteiger partial charge >= 0.3 is 0 Å². The predicted octanol–water partition coefficient (Wildman–Crippen LogP) is 2.18. The minimum absolute atomic E-state index is 0.0297. The smallest absolute Gasteiger partial charge is 0.238 e. The van der Waals surface area contributed by atoms with Crippen LogP contribution in [0, 0.1) is 27.7 Å². The van der Waals surface area contributed by atoms with Crippen LogP contribution in [-0.2, 0) is 17.9 Å². The molecule has 0 fully saturated rings. The van der Waals surface area contributed by atoms with Gasteiger partial charge in [0.15, 0.2) is 0 Å². The van der Waals surface area contributed by atoms with Crippen molar-refractivity contribution in [3.05, 3.63) is 46.3 Å². The van der Waals surface area contributed by atoms with Gasteiger partial charge in [-0.25, -0.2) is 0 Å². The highest BCUT2D eigenvalue weighted by atomic mass is 16.3. The monoisotopic (exact) mass is 344 g/mol. The first-order valence-corrected chi connectivity index (χ1v) is 8.51. The van der Waals surface area contributed by atoms with Gasteiger partial charge < -0.3 is 10.4 Å². The van der Waals surface area contributed by atoms with E-state index in [0.29, 0.717) is 19.6 Å². The van der Waals surface area contributed by atoms with E-state index in [-0.39, 0.29) is 12.5 Å². The van der Waals surface area contributed by atoms with Crippen molar-refractivity contribution in [3.63, 3.8) is 0 Å². The zero-order valence-electron chi connectivity index (χ0n) is 15.8. The van der Waals surface area contributed by atoms with Gasteiger partial charge in [0.05, 0.1) is 25.4 Å². The Labute approximate surface area is 149 Å². The SMILES string of the molecule is Cc1cccc(C)c1NC(=O)CN(C)Cc1c(C)nn(CCO)c1C. The lowest BCUT2D eigenvalue weighted by Gasteiger charge is -2.18. The molecule has 0 atom stereocenters. The number of aliphatic hydroxyl groups excluding tert-OH is 1. The third-order valence-corrected chi connectivity index (χ3v) is 4.43. The van der Waals surface area contributed by atoms with Crippen LogP contribution in [0.3, 0.4) is 0 Å². The molecule has 1 amide bonds. The van der Waals surface area contributed by atoms with Crippen LogP contribution >= 0.6 is 0 Å². The van der Waals surface area contributed by atoms with Gasteiger partial charge in [0.25, 0.3) is 0 Å². The maximum atomic E-state index is 12.4. The minimum Gasteiger partial charge on any atom is -0.394 e. The molecule has 136 valence electrons. The van der Waals surface area contributed by atoms with Crippen molar-refractivity contribution in [2.45, 2.75) is 40.8 Å². The predicted molar refractivity (Wildman–Crippen MR) is 99.7 cm³/mol. The van der Waals surface area contributed by atoms with Crippen LogP contribution in [0.4, 0.5) is 5.69 Å². The van der Waals surface area contributed by atoms with E-state index in [2.05, 4.69) is 10.4 Å². The van der Waals surface area contributed by atoms with Gasteiger partial charge in [-0.1, -0.05) is 18.2 Å². The van der Waals surface area contributed by atoms with E-state index in [0.717, 1.165) is 33.8 Å². The zero-order chi connectivity index (χ0) is 18.6. The minimum atomic E-state index is -0.0297. The van der Waals surface area contributed by atoms with Crippen LogP contribution in [0.5, 0.6) is 0 Å². The quantitative estimate of drug-likeness (QED) is 0.808. The van der Waals surface area contributed by atoms with Gasteiger partial charge in [0.1, 0.15) is 0 Å². The Balaban J connectivity index is 2.00. The highest BCUT2D eigenvalue weighted by molar-refractivity contribution is 5.93. The topological polar surface area (TPSA) is 70.4 Å². The van der Waals surface area contributed by atoms with Gasteiger partial charge in [-0.2, -0.15) is 5.10 Å². The Hall–Kier alpha value is -2.18. The van der Waals surface area contributed by atoms with E-state index in [1.165, 1.54) is 0 Å². The third-order valence-electron chi connectivity index (χ3n) is 4.43. The maximum Gasteiger partial charge on any atom is 0.238 e. The number of hydrogen-bond donors (Lipinski definition) is 2.